The van der Waals surface area contributed by atoms with Crippen LogP contribution in [-0.4, -0.2) is 9.13 Å². The summed E-state index contributed by atoms with van der Waals surface area (Å²) in [6.07, 6.45) is 20.0. The lowest BCUT2D eigenvalue weighted by molar-refractivity contribution is 1.02. The number of aromatic nitrogens is 2. The molecule has 0 amide bonds. The fraction of sp³-hybridized carbons (Fsp3) is 0.0612. The predicted molar refractivity (Wildman–Crippen MR) is 219 cm³/mol. The van der Waals surface area contributed by atoms with Gasteiger partial charge in [-0.2, -0.15) is 0 Å². The summed E-state index contributed by atoms with van der Waals surface area (Å²) in [5, 5.41) is 5.09. The van der Waals surface area contributed by atoms with Crippen LogP contribution in [0.5, 0.6) is 0 Å². The largest absolute Gasteiger partial charge is 0.309 e. The summed E-state index contributed by atoms with van der Waals surface area (Å²) in [4.78, 5) is 0. The summed E-state index contributed by atoms with van der Waals surface area (Å²) in [6, 6.07) is 50.7. The summed E-state index contributed by atoms with van der Waals surface area (Å²) in [5.41, 5.74) is 13.3. The lowest BCUT2D eigenvalue weighted by atomic mass is 9.98. The van der Waals surface area contributed by atoms with E-state index in [2.05, 4.69) is 204 Å². The monoisotopic (exact) mass is 654 g/mol. The molecule has 1 aliphatic rings. The Hall–Kier alpha value is -6.38. The van der Waals surface area contributed by atoms with Gasteiger partial charge in [0.1, 0.15) is 0 Å². The molecule has 0 atom stereocenters. The van der Waals surface area contributed by atoms with E-state index in [1.54, 1.807) is 0 Å². The van der Waals surface area contributed by atoms with Gasteiger partial charge in [0.15, 0.2) is 0 Å². The van der Waals surface area contributed by atoms with Crippen molar-refractivity contribution in [2.75, 3.05) is 0 Å². The molecule has 8 aromatic rings. The molecule has 0 radical (unpaired) electrons. The number of benzene rings is 6. The Labute approximate surface area is 298 Å². The lowest BCUT2D eigenvalue weighted by Crippen LogP contribution is -1.95. The number of nitrogens with zero attached hydrogens (tertiary/aromatic N) is 2. The quantitative estimate of drug-likeness (QED) is 0.151. The van der Waals surface area contributed by atoms with Crippen LogP contribution in [0.1, 0.15) is 25.3 Å². The highest BCUT2D eigenvalue weighted by Crippen LogP contribution is 2.42. The molecule has 2 heterocycles. The van der Waals surface area contributed by atoms with E-state index in [4.69, 9.17) is 0 Å². The molecule has 244 valence electrons. The van der Waals surface area contributed by atoms with Gasteiger partial charge in [0, 0.05) is 32.9 Å². The average Bonchev–Trinajstić information content (AvgIpc) is 3.71. The Morgan fingerprint density at radius 3 is 1.88 bits per heavy atom. The summed E-state index contributed by atoms with van der Waals surface area (Å²) in [5.74, 6) is 0. The number of allylic oxidation sites excluding steroid dienone is 9. The maximum Gasteiger partial charge on any atom is 0.0548 e. The first-order valence-corrected chi connectivity index (χ1v) is 17.9. The van der Waals surface area contributed by atoms with E-state index in [0.29, 0.717) is 0 Å². The van der Waals surface area contributed by atoms with Gasteiger partial charge >= 0.3 is 0 Å². The zero-order valence-electron chi connectivity index (χ0n) is 28.7. The minimum atomic E-state index is 1.10. The fourth-order valence-electron chi connectivity index (χ4n) is 7.79. The first kappa shape index (κ1) is 30.7. The molecule has 0 aliphatic heterocycles. The molecule has 0 unspecified atom stereocenters. The predicted octanol–water partition coefficient (Wildman–Crippen LogP) is 13.3. The molecular formula is C49H38N2. The van der Waals surface area contributed by atoms with Crippen molar-refractivity contribution < 1.29 is 0 Å². The van der Waals surface area contributed by atoms with Crippen LogP contribution in [0.15, 0.2) is 193 Å². The van der Waals surface area contributed by atoms with Crippen LogP contribution >= 0.6 is 0 Å². The van der Waals surface area contributed by atoms with Gasteiger partial charge in [-0.05, 0) is 96.1 Å². The third kappa shape index (κ3) is 5.46. The molecule has 0 N–H and O–H groups in total. The van der Waals surface area contributed by atoms with Crippen molar-refractivity contribution in [3.8, 4) is 22.5 Å². The number of rotatable bonds is 7. The number of para-hydroxylation sites is 2. The van der Waals surface area contributed by atoms with E-state index in [9.17, 15) is 0 Å². The van der Waals surface area contributed by atoms with Gasteiger partial charge < -0.3 is 9.13 Å². The zero-order valence-corrected chi connectivity index (χ0v) is 28.7. The topological polar surface area (TPSA) is 9.86 Å². The first-order valence-electron chi connectivity index (χ1n) is 17.9. The Kier molecular flexibility index (Phi) is 7.91. The normalized spacial score (nSPS) is 13.8. The third-order valence-corrected chi connectivity index (χ3v) is 10.1. The van der Waals surface area contributed by atoms with Gasteiger partial charge in [-0.25, -0.2) is 0 Å². The first-order chi connectivity index (χ1) is 25.3. The highest BCUT2D eigenvalue weighted by molar-refractivity contribution is 6.28. The van der Waals surface area contributed by atoms with E-state index in [-0.39, 0.29) is 0 Å². The van der Waals surface area contributed by atoms with Gasteiger partial charge in [0.25, 0.3) is 0 Å². The molecule has 2 heteroatoms. The smallest absolute Gasteiger partial charge is 0.0548 e. The Bertz CT molecular complexity index is 2720. The molecule has 6 aromatic carbocycles. The number of fused-ring (bicyclic) bond motifs is 7. The molecule has 0 bridgehead atoms. The molecule has 2 nitrogen and oxygen atoms in total. The van der Waals surface area contributed by atoms with Crippen LogP contribution in [0.3, 0.4) is 0 Å². The molecule has 0 saturated heterocycles. The summed E-state index contributed by atoms with van der Waals surface area (Å²) >= 11 is 0. The fourth-order valence-corrected chi connectivity index (χ4v) is 7.79. The highest BCUT2D eigenvalue weighted by Gasteiger charge is 2.20. The van der Waals surface area contributed by atoms with Gasteiger partial charge in [0.05, 0.1) is 22.1 Å². The van der Waals surface area contributed by atoms with Gasteiger partial charge in [0.2, 0.25) is 0 Å². The third-order valence-electron chi connectivity index (χ3n) is 10.1. The molecule has 0 spiro atoms. The second-order valence-corrected chi connectivity index (χ2v) is 13.2. The molecule has 2 aromatic heterocycles. The molecule has 0 saturated carbocycles. The number of hydrogen-bond donors (Lipinski definition) is 0. The van der Waals surface area contributed by atoms with Crippen molar-refractivity contribution in [1.29, 1.82) is 0 Å². The maximum absolute atomic E-state index is 2.43. The molecule has 0 fully saturated rings. The highest BCUT2D eigenvalue weighted by atomic mass is 15.0. The summed E-state index contributed by atoms with van der Waals surface area (Å²) in [7, 11) is 0. The molecule has 1 aliphatic carbocycles. The van der Waals surface area contributed by atoms with Crippen molar-refractivity contribution >= 4 is 49.7 Å². The van der Waals surface area contributed by atoms with Crippen LogP contribution in [0.25, 0.3) is 72.2 Å². The van der Waals surface area contributed by atoms with Crippen molar-refractivity contribution in [1.82, 2.24) is 9.13 Å². The van der Waals surface area contributed by atoms with E-state index in [1.807, 2.05) is 0 Å². The Balaban J connectivity index is 1.19. The maximum atomic E-state index is 2.43. The second-order valence-electron chi connectivity index (χ2n) is 13.2. The SMILES string of the molecule is C\C=C/C(=C\C=C\c1cccc(-n2c3ccccc3c3c4c5ccccc5n(-c5ccc(-c6ccccc6)cc5)c4ccc32)c1)C1=CCCC=C1. The van der Waals surface area contributed by atoms with Crippen LogP contribution in [0.2, 0.25) is 0 Å². The second kappa shape index (κ2) is 13.2. The van der Waals surface area contributed by atoms with Crippen molar-refractivity contribution in [2.24, 2.45) is 0 Å². The van der Waals surface area contributed by atoms with Gasteiger partial charge in [-0.3, -0.25) is 0 Å². The van der Waals surface area contributed by atoms with Crippen molar-refractivity contribution in [3.63, 3.8) is 0 Å². The summed E-state index contributed by atoms with van der Waals surface area (Å²) < 4.78 is 4.85. The summed E-state index contributed by atoms with van der Waals surface area (Å²) in [6.45, 7) is 2.08. The minimum absolute atomic E-state index is 1.10. The lowest BCUT2D eigenvalue weighted by Gasteiger charge is -2.11. The van der Waals surface area contributed by atoms with Crippen LogP contribution in [-0.2, 0) is 0 Å². The van der Waals surface area contributed by atoms with Crippen LogP contribution < -0.4 is 0 Å². The zero-order chi connectivity index (χ0) is 34.1. The van der Waals surface area contributed by atoms with Crippen molar-refractivity contribution in [3.05, 3.63) is 199 Å². The van der Waals surface area contributed by atoms with E-state index in [1.165, 1.54) is 71.4 Å². The van der Waals surface area contributed by atoms with Gasteiger partial charge in [-0.15, -0.1) is 0 Å². The Morgan fingerprint density at radius 2 is 1.22 bits per heavy atom. The molecule has 51 heavy (non-hydrogen) atoms. The van der Waals surface area contributed by atoms with Crippen LogP contribution in [0, 0.1) is 0 Å². The van der Waals surface area contributed by atoms with Crippen molar-refractivity contribution in [2.45, 2.75) is 19.8 Å². The standard InChI is InChI=1S/C49H38N2/c1-2-15-36(37-18-5-3-6-19-37)22-13-16-35-17-14-23-41(34-35)51-45-27-12-10-25-43(45)49-47(51)33-32-46-48(49)42-24-9-11-26-44(42)50(46)40-30-28-39(29-31-40)38-20-7-4-8-21-38/h2,4-5,7-34H,3,6H2,1H3/b15-2-,16-13+,36-22+. The minimum Gasteiger partial charge on any atom is -0.309 e. The average molecular weight is 655 g/mol. The van der Waals surface area contributed by atoms with E-state index in [0.717, 1.165) is 24.2 Å². The van der Waals surface area contributed by atoms with Gasteiger partial charge in [-0.1, -0.05) is 140 Å². The van der Waals surface area contributed by atoms with E-state index < -0.39 is 0 Å². The molecule has 9 rings (SSSR count). The molecular weight excluding hydrogens is 617 g/mol. The Morgan fingerprint density at radius 1 is 0.569 bits per heavy atom. The number of hydrogen-bond acceptors (Lipinski definition) is 0. The van der Waals surface area contributed by atoms with E-state index >= 15 is 0 Å². The van der Waals surface area contributed by atoms with Crippen LogP contribution in [0.4, 0.5) is 0 Å².